The lowest BCUT2D eigenvalue weighted by molar-refractivity contribution is 0.460. The summed E-state index contributed by atoms with van der Waals surface area (Å²) in [6.07, 6.45) is 2.73. The van der Waals surface area contributed by atoms with E-state index >= 15 is 0 Å². The quantitative estimate of drug-likeness (QED) is 0.551. The van der Waals surface area contributed by atoms with Gasteiger partial charge in [-0.2, -0.15) is 0 Å². The molecule has 1 heterocycles. The van der Waals surface area contributed by atoms with Gasteiger partial charge < -0.3 is 11.1 Å². The molecule has 1 saturated carbocycles. The first-order valence-corrected chi connectivity index (χ1v) is 4.21. The molecule has 0 aromatic rings. The summed E-state index contributed by atoms with van der Waals surface area (Å²) in [6, 6.07) is 0.417. The Kier molecular flexibility index (Phi) is 1.29. The summed E-state index contributed by atoms with van der Waals surface area (Å²) in [5.74, 6) is 0.822. The van der Waals surface area contributed by atoms with Gasteiger partial charge in [0.15, 0.2) is 0 Å². The van der Waals surface area contributed by atoms with E-state index in [1.54, 1.807) is 0 Å². The van der Waals surface area contributed by atoms with E-state index in [1.165, 1.54) is 25.9 Å². The van der Waals surface area contributed by atoms with Crippen LogP contribution in [-0.2, 0) is 0 Å². The van der Waals surface area contributed by atoms with Gasteiger partial charge in [-0.3, -0.25) is 0 Å². The Morgan fingerprint density at radius 1 is 1.70 bits per heavy atom. The second-order valence-corrected chi connectivity index (χ2v) is 3.96. The zero-order valence-electron chi connectivity index (χ0n) is 6.56. The van der Waals surface area contributed by atoms with Crippen LogP contribution in [0.25, 0.3) is 0 Å². The highest BCUT2D eigenvalue weighted by atomic mass is 15.0. The minimum absolute atomic E-state index is 0.417. The van der Waals surface area contributed by atoms with Gasteiger partial charge in [-0.25, -0.2) is 0 Å². The number of rotatable bonds is 1. The van der Waals surface area contributed by atoms with Crippen LogP contribution in [0.15, 0.2) is 0 Å². The Balaban J connectivity index is 1.97. The predicted octanol–water partition coefficient (Wildman–Crippen LogP) is 0.333. The Morgan fingerprint density at radius 3 is 2.90 bits per heavy atom. The first-order chi connectivity index (χ1) is 4.75. The second-order valence-electron chi connectivity index (χ2n) is 3.96. The van der Waals surface area contributed by atoms with E-state index in [0.717, 1.165) is 5.92 Å². The van der Waals surface area contributed by atoms with Crippen molar-refractivity contribution in [2.24, 2.45) is 17.1 Å². The van der Waals surface area contributed by atoms with Crippen LogP contribution in [0.5, 0.6) is 0 Å². The van der Waals surface area contributed by atoms with E-state index in [4.69, 9.17) is 5.73 Å². The van der Waals surface area contributed by atoms with Crippen LogP contribution in [0.2, 0.25) is 0 Å². The number of hydrogen-bond donors (Lipinski definition) is 2. The molecule has 0 bridgehead atoms. The fourth-order valence-corrected chi connectivity index (χ4v) is 2.38. The average molecular weight is 140 g/mol. The van der Waals surface area contributed by atoms with Crippen LogP contribution in [0, 0.1) is 11.3 Å². The fourth-order valence-electron chi connectivity index (χ4n) is 2.38. The van der Waals surface area contributed by atoms with Crippen LogP contribution < -0.4 is 11.1 Å². The van der Waals surface area contributed by atoms with Gasteiger partial charge >= 0.3 is 0 Å². The van der Waals surface area contributed by atoms with Crippen molar-refractivity contribution in [1.82, 2.24) is 5.32 Å². The first-order valence-electron chi connectivity index (χ1n) is 4.21. The minimum atomic E-state index is 0.417. The summed E-state index contributed by atoms with van der Waals surface area (Å²) < 4.78 is 0. The van der Waals surface area contributed by atoms with Gasteiger partial charge in [0.05, 0.1) is 0 Å². The lowest BCUT2D eigenvalue weighted by Gasteiger charge is -2.09. The maximum Gasteiger partial charge on any atom is 0.00447 e. The average Bonchev–Trinajstić information content (AvgIpc) is 2.32. The molecule has 2 heteroatoms. The summed E-state index contributed by atoms with van der Waals surface area (Å²) in [5.41, 5.74) is 6.47. The standard InChI is InChI=1S/C8H16N2/c1-6(9)7-4-8(7)2-3-10-5-8/h6-7,10H,2-5,9H2,1H3. The van der Waals surface area contributed by atoms with Gasteiger partial charge in [0.2, 0.25) is 0 Å². The van der Waals surface area contributed by atoms with E-state index in [2.05, 4.69) is 12.2 Å². The molecule has 0 radical (unpaired) electrons. The van der Waals surface area contributed by atoms with Gasteiger partial charge in [-0.15, -0.1) is 0 Å². The van der Waals surface area contributed by atoms with Gasteiger partial charge in [-0.1, -0.05) is 0 Å². The maximum atomic E-state index is 5.82. The van der Waals surface area contributed by atoms with Crippen molar-refractivity contribution in [3.05, 3.63) is 0 Å². The van der Waals surface area contributed by atoms with Crippen molar-refractivity contribution >= 4 is 0 Å². The van der Waals surface area contributed by atoms with Gasteiger partial charge in [0.1, 0.15) is 0 Å². The van der Waals surface area contributed by atoms with E-state index in [-0.39, 0.29) is 0 Å². The van der Waals surface area contributed by atoms with Crippen molar-refractivity contribution < 1.29 is 0 Å². The molecule has 2 aliphatic rings. The number of hydrogen-bond acceptors (Lipinski definition) is 2. The third-order valence-electron chi connectivity index (χ3n) is 3.16. The number of nitrogens with one attached hydrogen (secondary N) is 1. The second kappa shape index (κ2) is 1.95. The molecular formula is C8H16N2. The Bertz CT molecular complexity index is 136. The highest BCUT2D eigenvalue weighted by Crippen LogP contribution is 2.57. The molecule has 3 atom stereocenters. The van der Waals surface area contributed by atoms with Crippen LogP contribution >= 0.6 is 0 Å². The minimum Gasteiger partial charge on any atom is -0.328 e. The summed E-state index contributed by atoms with van der Waals surface area (Å²) in [7, 11) is 0. The molecule has 0 aromatic carbocycles. The molecule has 2 nitrogen and oxygen atoms in total. The van der Waals surface area contributed by atoms with Crippen LogP contribution in [0.1, 0.15) is 19.8 Å². The monoisotopic (exact) mass is 140 g/mol. The highest BCUT2D eigenvalue weighted by molar-refractivity contribution is 5.09. The molecule has 10 heavy (non-hydrogen) atoms. The molecule has 0 aromatic heterocycles. The molecule has 0 amide bonds. The van der Waals surface area contributed by atoms with E-state index in [9.17, 15) is 0 Å². The summed E-state index contributed by atoms with van der Waals surface area (Å²) in [4.78, 5) is 0. The smallest absolute Gasteiger partial charge is 0.00447 e. The molecule has 2 fully saturated rings. The van der Waals surface area contributed by atoms with Gasteiger partial charge in [-0.05, 0) is 37.6 Å². The zero-order valence-corrected chi connectivity index (χ0v) is 6.56. The van der Waals surface area contributed by atoms with Crippen molar-refractivity contribution in [2.75, 3.05) is 13.1 Å². The Morgan fingerprint density at radius 2 is 2.50 bits per heavy atom. The van der Waals surface area contributed by atoms with Crippen molar-refractivity contribution in [2.45, 2.75) is 25.8 Å². The Labute approximate surface area is 62.2 Å². The summed E-state index contributed by atoms with van der Waals surface area (Å²) in [6.45, 7) is 4.57. The Hall–Kier alpha value is -0.0800. The topological polar surface area (TPSA) is 38.0 Å². The number of nitrogens with two attached hydrogens (primary N) is 1. The fraction of sp³-hybridized carbons (Fsp3) is 1.00. The predicted molar refractivity (Wildman–Crippen MR) is 41.7 cm³/mol. The third-order valence-corrected chi connectivity index (χ3v) is 3.16. The largest absolute Gasteiger partial charge is 0.328 e. The molecule has 1 spiro atoms. The maximum absolute atomic E-state index is 5.82. The van der Waals surface area contributed by atoms with Gasteiger partial charge in [0, 0.05) is 12.6 Å². The van der Waals surface area contributed by atoms with E-state index in [0.29, 0.717) is 11.5 Å². The SMILES string of the molecule is CC(N)C1CC12CCNC2. The molecular weight excluding hydrogens is 124 g/mol. The zero-order chi connectivity index (χ0) is 7.19. The van der Waals surface area contributed by atoms with Crippen molar-refractivity contribution in [3.8, 4) is 0 Å². The third kappa shape index (κ3) is 0.789. The molecule has 1 saturated heterocycles. The highest BCUT2D eigenvalue weighted by Gasteiger charge is 2.56. The van der Waals surface area contributed by atoms with Crippen molar-refractivity contribution in [1.29, 1.82) is 0 Å². The van der Waals surface area contributed by atoms with Crippen LogP contribution in [0.3, 0.4) is 0 Å². The van der Waals surface area contributed by atoms with Crippen molar-refractivity contribution in [3.63, 3.8) is 0 Å². The normalized spacial score (nSPS) is 48.0. The summed E-state index contributed by atoms with van der Waals surface area (Å²) >= 11 is 0. The lowest BCUT2D eigenvalue weighted by atomic mass is 10.00. The lowest BCUT2D eigenvalue weighted by Crippen LogP contribution is -2.23. The molecule has 2 rings (SSSR count). The first kappa shape index (κ1) is 6.62. The van der Waals surface area contributed by atoms with Gasteiger partial charge in [0.25, 0.3) is 0 Å². The molecule has 1 aliphatic carbocycles. The molecule has 58 valence electrons. The van der Waals surface area contributed by atoms with E-state index < -0.39 is 0 Å². The van der Waals surface area contributed by atoms with Crippen LogP contribution in [0.4, 0.5) is 0 Å². The van der Waals surface area contributed by atoms with E-state index in [1.807, 2.05) is 0 Å². The molecule has 3 N–H and O–H groups in total. The van der Waals surface area contributed by atoms with Crippen LogP contribution in [-0.4, -0.2) is 19.1 Å². The molecule has 1 aliphatic heterocycles. The molecule has 3 unspecified atom stereocenters. The summed E-state index contributed by atoms with van der Waals surface area (Å²) in [5, 5.41) is 3.40.